The average molecular weight is 309 g/mol. The first-order valence-electron chi connectivity index (χ1n) is 6.28. The van der Waals surface area contributed by atoms with Gasteiger partial charge in [-0.15, -0.1) is 11.3 Å². The Bertz CT molecular complexity index is 594. The molecule has 0 unspecified atom stereocenters. The average Bonchev–Trinajstić information content (AvgIpc) is 2.86. The molecule has 0 amide bonds. The number of hydrogen-bond donors (Lipinski definition) is 2. The van der Waals surface area contributed by atoms with Crippen LogP contribution in [0.3, 0.4) is 0 Å². The number of aromatic nitrogens is 1. The molecular formula is C14H17ClN4S. The van der Waals surface area contributed by atoms with Gasteiger partial charge in [0.2, 0.25) is 0 Å². The molecule has 0 aliphatic rings. The molecule has 2 aromatic rings. The quantitative estimate of drug-likeness (QED) is 0.674. The van der Waals surface area contributed by atoms with Crippen molar-refractivity contribution in [2.45, 2.75) is 20.0 Å². The van der Waals surface area contributed by atoms with Crippen molar-refractivity contribution in [1.82, 2.24) is 15.6 Å². The normalized spacial score (nSPS) is 11.4. The van der Waals surface area contributed by atoms with E-state index in [1.807, 2.05) is 37.4 Å². The topological polar surface area (TPSA) is 49.3 Å². The number of nitrogens with zero attached hydrogens (tertiary/aromatic N) is 2. The molecule has 0 radical (unpaired) electrons. The fourth-order valence-corrected chi connectivity index (χ4v) is 2.64. The predicted molar refractivity (Wildman–Crippen MR) is 85.3 cm³/mol. The third-order valence-corrected chi connectivity index (χ3v) is 4.01. The highest BCUT2D eigenvalue weighted by atomic mass is 35.5. The van der Waals surface area contributed by atoms with E-state index in [2.05, 4.69) is 20.6 Å². The summed E-state index contributed by atoms with van der Waals surface area (Å²) in [5, 5.41) is 8.33. The third kappa shape index (κ3) is 4.21. The lowest BCUT2D eigenvalue weighted by molar-refractivity contribution is 0.814. The van der Waals surface area contributed by atoms with E-state index in [1.165, 1.54) is 4.88 Å². The standard InChI is InChI=1S/C14H17ClN4S/c1-10-17-8-12(20-10)9-19-14(16-2)18-7-11-5-3-4-6-13(11)15/h3-6,8H,7,9H2,1-2H3,(H2,16,18,19). The van der Waals surface area contributed by atoms with E-state index in [1.54, 1.807) is 18.4 Å². The Labute approximate surface area is 127 Å². The summed E-state index contributed by atoms with van der Waals surface area (Å²) in [6, 6.07) is 7.77. The van der Waals surface area contributed by atoms with E-state index in [-0.39, 0.29) is 0 Å². The molecule has 2 N–H and O–H groups in total. The van der Waals surface area contributed by atoms with Crippen LogP contribution in [0.1, 0.15) is 15.4 Å². The van der Waals surface area contributed by atoms with Gasteiger partial charge in [-0.3, -0.25) is 4.99 Å². The van der Waals surface area contributed by atoms with Gasteiger partial charge in [-0.25, -0.2) is 4.98 Å². The Hall–Kier alpha value is -1.59. The van der Waals surface area contributed by atoms with Crippen molar-refractivity contribution in [3.8, 4) is 0 Å². The van der Waals surface area contributed by atoms with E-state index >= 15 is 0 Å². The van der Waals surface area contributed by atoms with Crippen LogP contribution in [-0.4, -0.2) is 18.0 Å². The molecule has 2 rings (SSSR count). The maximum Gasteiger partial charge on any atom is 0.191 e. The SMILES string of the molecule is CN=C(NCc1cnc(C)s1)NCc1ccccc1Cl. The number of aryl methyl sites for hydroxylation is 1. The van der Waals surface area contributed by atoms with Gasteiger partial charge >= 0.3 is 0 Å². The molecule has 6 heteroatoms. The van der Waals surface area contributed by atoms with Gasteiger partial charge in [0.1, 0.15) is 0 Å². The Morgan fingerprint density at radius 3 is 2.70 bits per heavy atom. The molecule has 0 fully saturated rings. The number of thiazole rings is 1. The van der Waals surface area contributed by atoms with E-state index < -0.39 is 0 Å². The maximum absolute atomic E-state index is 6.12. The second-order valence-corrected chi connectivity index (χ2v) is 5.94. The van der Waals surface area contributed by atoms with Gasteiger partial charge < -0.3 is 10.6 Å². The number of guanidine groups is 1. The summed E-state index contributed by atoms with van der Waals surface area (Å²) in [6.45, 7) is 3.35. The molecule has 0 saturated carbocycles. The smallest absolute Gasteiger partial charge is 0.191 e. The summed E-state index contributed by atoms with van der Waals surface area (Å²) in [6.07, 6.45) is 1.88. The van der Waals surface area contributed by atoms with Gasteiger partial charge in [0, 0.05) is 29.7 Å². The summed E-state index contributed by atoms with van der Waals surface area (Å²) < 4.78 is 0. The first-order valence-corrected chi connectivity index (χ1v) is 7.47. The monoisotopic (exact) mass is 308 g/mol. The molecule has 1 aromatic carbocycles. The highest BCUT2D eigenvalue weighted by Gasteiger charge is 2.03. The molecule has 0 spiro atoms. The van der Waals surface area contributed by atoms with Crippen molar-refractivity contribution < 1.29 is 0 Å². The summed E-state index contributed by atoms with van der Waals surface area (Å²) in [5.74, 6) is 0.746. The zero-order chi connectivity index (χ0) is 14.4. The minimum absolute atomic E-state index is 0.640. The van der Waals surface area contributed by atoms with Crippen LogP contribution in [0.4, 0.5) is 0 Å². The number of nitrogens with one attached hydrogen (secondary N) is 2. The fourth-order valence-electron chi connectivity index (χ4n) is 1.70. The Morgan fingerprint density at radius 1 is 1.30 bits per heavy atom. The third-order valence-electron chi connectivity index (χ3n) is 2.73. The van der Waals surface area contributed by atoms with Crippen molar-refractivity contribution in [2.75, 3.05) is 7.05 Å². The van der Waals surface area contributed by atoms with Crippen LogP contribution in [0, 0.1) is 6.92 Å². The first kappa shape index (κ1) is 14.8. The summed E-state index contributed by atoms with van der Waals surface area (Å²) in [4.78, 5) is 9.60. The second-order valence-electron chi connectivity index (χ2n) is 4.22. The van der Waals surface area contributed by atoms with Crippen LogP contribution in [-0.2, 0) is 13.1 Å². The molecule has 4 nitrogen and oxygen atoms in total. The lowest BCUT2D eigenvalue weighted by Gasteiger charge is -2.11. The minimum Gasteiger partial charge on any atom is -0.352 e. The van der Waals surface area contributed by atoms with Gasteiger partial charge in [0.05, 0.1) is 11.6 Å². The van der Waals surface area contributed by atoms with E-state index in [0.717, 1.165) is 21.6 Å². The number of benzene rings is 1. The van der Waals surface area contributed by atoms with E-state index in [9.17, 15) is 0 Å². The molecule has 0 bridgehead atoms. The van der Waals surface area contributed by atoms with E-state index in [4.69, 9.17) is 11.6 Å². The van der Waals surface area contributed by atoms with Gasteiger partial charge in [0.15, 0.2) is 5.96 Å². The molecular weight excluding hydrogens is 292 g/mol. The van der Waals surface area contributed by atoms with Crippen LogP contribution in [0.2, 0.25) is 5.02 Å². The second kappa shape index (κ2) is 7.26. The lowest BCUT2D eigenvalue weighted by Crippen LogP contribution is -2.36. The molecule has 0 atom stereocenters. The molecule has 106 valence electrons. The van der Waals surface area contributed by atoms with Crippen molar-refractivity contribution in [3.05, 3.63) is 50.9 Å². The van der Waals surface area contributed by atoms with Crippen LogP contribution >= 0.6 is 22.9 Å². The number of rotatable bonds is 4. The van der Waals surface area contributed by atoms with Crippen LogP contribution in [0.5, 0.6) is 0 Å². The van der Waals surface area contributed by atoms with Crippen molar-refractivity contribution in [3.63, 3.8) is 0 Å². The molecule has 1 aromatic heterocycles. The van der Waals surface area contributed by atoms with Gasteiger partial charge in [0.25, 0.3) is 0 Å². The molecule has 0 aliphatic heterocycles. The van der Waals surface area contributed by atoms with Crippen molar-refractivity contribution in [2.24, 2.45) is 4.99 Å². The first-order chi connectivity index (χ1) is 9.69. The molecule has 1 heterocycles. The number of hydrogen-bond acceptors (Lipinski definition) is 3. The minimum atomic E-state index is 0.640. The van der Waals surface area contributed by atoms with Gasteiger partial charge in [-0.2, -0.15) is 0 Å². The lowest BCUT2D eigenvalue weighted by atomic mass is 10.2. The van der Waals surface area contributed by atoms with Gasteiger partial charge in [-0.05, 0) is 18.6 Å². The number of halogens is 1. The highest BCUT2D eigenvalue weighted by molar-refractivity contribution is 7.11. The largest absolute Gasteiger partial charge is 0.352 e. The molecule has 0 aliphatic carbocycles. The molecule has 20 heavy (non-hydrogen) atoms. The van der Waals surface area contributed by atoms with Gasteiger partial charge in [-0.1, -0.05) is 29.8 Å². The summed E-state index contributed by atoms with van der Waals surface area (Å²) in [7, 11) is 1.75. The van der Waals surface area contributed by atoms with E-state index in [0.29, 0.717) is 13.1 Å². The Balaban J connectivity index is 1.85. The maximum atomic E-state index is 6.12. The predicted octanol–water partition coefficient (Wildman–Crippen LogP) is 2.97. The van der Waals surface area contributed by atoms with Crippen molar-refractivity contribution in [1.29, 1.82) is 0 Å². The van der Waals surface area contributed by atoms with Crippen molar-refractivity contribution >= 4 is 28.9 Å². The summed E-state index contributed by atoms with van der Waals surface area (Å²) in [5.41, 5.74) is 1.05. The highest BCUT2D eigenvalue weighted by Crippen LogP contribution is 2.14. The zero-order valence-corrected chi connectivity index (χ0v) is 13.1. The van der Waals surface area contributed by atoms with Crippen LogP contribution in [0.15, 0.2) is 35.5 Å². The number of aliphatic imine (C=N–C) groups is 1. The fraction of sp³-hybridized carbons (Fsp3) is 0.286. The zero-order valence-electron chi connectivity index (χ0n) is 11.5. The Kier molecular flexibility index (Phi) is 5.38. The van der Waals surface area contributed by atoms with Crippen LogP contribution in [0.25, 0.3) is 0 Å². The van der Waals surface area contributed by atoms with Crippen LogP contribution < -0.4 is 10.6 Å². The Morgan fingerprint density at radius 2 is 2.05 bits per heavy atom. The molecule has 0 saturated heterocycles. The summed E-state index contributed by atoms with van der Waals surface area (Å²) >= 11 is 7.80.